The highest BCUT2D eigenvalue weighted by Crippen LogP contribution is 2.14. The van der Waals surface area contributed by atoms with Crippen molar-refractivity contribution in [2.75, 3.05) is 5.32 Å². The molecule has 1 aromatic rings. The van der Waals surface area contributed by atoms with Gasteiger partial charge in [0.1, 0.15) is 5.60 Å². The summed E-state index contributed by atoms with van der Waals surface area (Å²) in [6, 6.07) is 3.67. The number of amides is 1. The van der Waals surface area contributed by atoms with Crippen LogP contribution >= 0.6 is 0 Å². The van der Waals surface area contributed by atoms with Crippen molar-refractivity contribution in [3.8, 4) is 0 Å². The molecule has 1 amide bonds. The highest BCUT2D eigenvalue weighted by atomic mass is 16.6. The molecule has 0 fully saturated rings. The molecule has 4 heteroatoms. The molecular formula is C14H24N2O2. The number of hydrogen-bond acceptors (Lipinski definition) is 3. The molecule has 0 saturated heterocycles. The van der Waals surface area contributed by atoms with E-state index in [0.29, 0.717) is 5.69 Å². The Labute approximate surface area is 110 Å². The number of carbonyl (C=O) groups excluding carboxylic acids is 1. The number of nitrogens with one attached hydrogen (secondary N) is 1. The van der Waals surface area contributed by atoms with Crippen molar-refractivity contribution in [1.82, 2.24) is 4.98 Å². The van der Waals surface area contributed by atoms with Crippen LogP contribution in [0.1, 0.15) is 46.0 Å². The van der Waals surface area contributed by atoms with Crippen LogP contribution in [-0.4, -0.2) is 16.7 Å². The van der Waals surface area contributed by atoms with Crippen LogP contribution in [-0.2, 0) is 4.74 Å². The molecule has 1 rings (SSSR count). The maximum atomic E-state index is 11.5. The van der Waals surface area contributed by atoms with Crippen molar-refractivity contribution in [3.63, 3.8) is 0 Å². The fraction of sp³-hybridized carbons (Fsp3) is 0.571. The lowest BCUT2D eigenvalue weighted by Gasteiger charge is -2.20. The molecule has 4 nitrogen and oxygen atoms in total. The van der Waals surface area contributed by atoms with Crippen molar-refractivity contribution in [2.24, 2.45) is 0 Å². The Balaban J connectivity index is 0.00000137. The van der Waals surface area contributed by atoms with Crippen molar-refractivity contribution in [1.29, 1.82) is 0 Å². The van der Waals surface area contributed by atoms with Gasteiger partial charge >= 0.3 is 6.09 Å². The summed E-state index contributed by atoms with van der Waals surface area (Å²) >= 11 is 0. The minimum atomic E-state index is -0.490. The van der Waals surface area contributed by atoms with E-state index in [9.17, 15) is 4.79 Å². The van der Waals surface area contributed by atoms with Crippen LogP contribution in [0.2, 0.25) is 0 Å². The SMILES string of the molecule is CC.Cc1ccc(NC(=O)OC(C)(C)C)c(C)n1. The third-order valence-electron chi connectivity index (χ3n) is 1.86. The molecule has 0 radical (unpaired) electrons. The van der Waals surface area contributed by atoms with E-state index in [4.69, 9.17) is 4.74 Å². The topological polar surface area (TPSA) is 51.2 Å². The van der Waals surface area contributed by atoms with Gasteiger partial charge in [-0.2, -0.15) is 0 Å². The van der Waals surface area contributed by atoms with E-state index >= 15 is 0 Å². The first kappa shape index (κ1) is 16.4. The molecule has 0 aliphatic rings. The molecular weight excluding hydrogens is 228 g/mol. The summed E-state index contributed by atoms with van der Waals surface area (Å²) < 4.78 is 5.15. The normalized spacial score (nSPS) is 10.2. The number of carbonyl (C=O) groups is 1. The zero-order valence-electron chi connectivity index (χ0n) is 12.4. The van der Waals surface area contributed by atoms with Gasteiger partial charge in [-0.25, -0.2) is 4.79 Å². The first-order valence-corrected chi connectivity index (χ1v) is 6.22. The predicted octanol–water partition coefficient (Wildman–Crippen LogP) is 4.07. The number of rotatable bonds is 1. The van der Waals surface area contributed by atoms with Crippen molar-refractivity contribution in [2.45, 2.75) is 54.1 Å². The van der Waals surface area contributed by atoms with Crippen LogP contribution in [0.15, 0.2) is 12.1 Å². The van der Waals surface area contributed by atoms with Crippen LogP contribution in [0, 0.1) is 13.8 Å². The van der Waals surface area contributed by atoms with Crippen molar-refractivity contribution >= 4 is 11.8 Å². The van der Waals surface area contributed by atoms with Gasteiger partial charge in [0.2, 0.25) is 0 Å². The van der Waals surface area contributed by atoms with Gasteiger partial charge in [0.25, 0.3) is 0 Å². The predicted molar refractivity (Wildman–Crippen MR) is 74.9 cm³/mol. The monoisotopic (exact) mass is 252 g/mol. The van der Waals surface area contributed by atoms with E-state index in [0.717, 1.165) is 11.4 Å². The molecule has 0 aromatic carbocycles. The average molecular weight is 252 g/mol. The van der Waals surface area contributed by atoms with Gasteiger partial charge in [-0.15, -0.1) is 0 Å². The molecule has 0 spiro atoms. The first-order valence-electron chi connectivity index (χ1n) is 6.22. The lowest BCUT2D eigenvalue weighted by atomic mass is 10.2. The first-order chi connectivity index (χ1) is 8.28. The zero-order chi connectivity index (χ0) is 14.3. The second-order valence-corrected chi connectivity index (χ2v) is 4.71. The number of hydrogen-bond donors (Lipinski definition) is 1. The Morgan fingerprint density at radius 2 is 1.78 bits per heavy atom. The maximum absolute atomic E-state index is 11.5. The van der Waals surface area contributed by atoms with Gasteiger partial charge in [0, 0.05) is 5.69 Å². The van der Waals surface area contributed by atoms with Crippen LogP contribution in [0.5, 0.6) is 0 Å². The standard InChI is InChI=1S/C12H18N2O2.C2H6/c1-8-6-7-10(9(2)13-8)14-11(15)16-12(3,4)5;1-2/h6-7H,1-5H3,(H,14,15);1-2H3. The smallest absolute Gasteiger partial charge is 0.412 e. The van der Waals surface area contributed by atoms with E-state index in [-0.39, 0.29) is 0 Å². The fourth-order valence-electron chi connectivity index (χ4n) is 1.23. The minimum absolute atomic E-state index is 0.457. The van der Waals surface area contributed by atoms with Gasteiger partial charge in [-0.3, -0.25) is 10.3 Å². The van der Waals surface area contributed by atoms with Gasteiger partial charge in [-0.1, -0.05) is 13.8 Å². The summed E-state index contributed by atoms with van der Waals surface area (Å²) in [5.41, 5.74) is 1.90. The Morgan fingerprint density at radius 3 is 2.22 bits per heavy atom. The minimum Gasteiger partial charge on any atom is -0.444 e. The van der Waals surface area contributed by atoms with Crippen LogP contribution in [0.3, 0.4) is 0 Å². The maximum Gasteiger partial charge on any atom is 0.412 e. The number of ether oxygens (including phenoxy) is 1. The summed E-state index contributed by atoms with van der Waals surface area (Å²) in [4.78, 5) is 15.8. The van der Waals surface area contributed by atoms with E-state index in [1.165, 1.54) is 0 Å². The molecule has 0 atom stereocenters. The highest BCUT2D eigenvalue weighted by Gasteiger charge is 2.16. The molecule has 0 aliphatic heterocycles. The molecule has 1 heterocycles. The van der Waals surface area contributed by atoms with Gasteiger partial charge in [0.05, 0.1) is 11.4 Å². The summed E-state index contributed by atoms with van der Waals surface area (Å²) in [5, 5.41) is 2.67. The van der Waals surface area contributed by atoms with E-state index in [2.05, 4.69) is 10.3 Å². The summed E-state index contributed by atoms with van der Waals surface area (Å²) in [6.45, 7) is 13.2. The summed E-state index contributed by atoms with van der Waals surface area (Å²) in [6.07, 6.45) is -0.457. The Hall–Kier alpha value is -1.58. The van der Waals surface area contributed by atoms with Crippen molar-refractivity contribution < 1.29 is 9.53 Å². The van der Waals surface area contributed by atoms with Crippen LogP contribution in [0.25, 0.3) is 0 Å². The zero-order valence-corrected chi connectivity index (χ0v) is 12.4. The molecule has 1 N–H and O–H groups in total. The Kier molecular flexibility index (Phi) is 6.37. The van der Waals surface area contributed by atoms with Crippen molar-refractivity contribution in [3.05, 3.63) is 23.5 Å². The lowest BCUT2D eigenvalue weighted by molar-refractivity contribution is 0.0635. The van der Waals surface area contributed by atoms with Gasteiger partial charge < -0.3 is 4.74 Å². The lowest BCUT2D eigenvalue weighted by Crippen LogP contribution is -2.27. The highest BCUT2D eigenvalue weighted by molar-refractivity contribution is 5.85. The van der Waals surface area contributed by atoms with Crippen LogP contribution in [0.4, 0.5) is 10.5 Å². The number of aryl methyl sites for hydroxylation is 2. The molecule has 0 saturated carbocycles. The third kappa shape index (κ3) is 6.23. The Bertz CT molecular complexity index is 395. The van der Waals surface area contributed by atoms with Gasteiger partial charge in [-0.05, 0) is 46.8 Å². The van der Waals surface area contributed by atoms with E-state index in [1.807, 2.05) is 60.6 Å². The second kappa shape index (κ2) is 6.99. The van der Waals surface area contributed by atoms with E-state index in [1.54, 1.807) is 0 Å². The second-order valence-electron chi connectivity index (χ2n) is 4.71. The number of pyridine rings is 1. The molecule has 0 bridgehead atoms. The average Bonchev–Trinajstić information content (AvgIpc) is 2.22. The largest absolute Gasteiger partial charge is 0.444 e. The summed E-state index contributed by atoms with van der Waals surface area (Å²) in [5.74, 6) is 0. The molecule has 0 unspecified atom stereocenters. The Morgan fingerprint density at radius 1 is 1.22 bits per heavy atom. The van der Waals surface area contributed by atoms with E-state index < -0.39 is 11.7 Å². The number of anilines is 1. The fourth-order valence-corrected chi connectivity index (χ4v) is 1.23. The van der Waals surface area contributed by atoms with Gasteiger partial charge in [0.15, 0.2) is 0 Å². The number of nitrogens with zero attached hydrogens (tertiary/aromatic N) is 1. The third-order valence-corrected chi connectivity index (χ3v) is 1.86. The molecule has 1 aromatic heterocycles. The molecule has 0 aliphatic carbocycles. The number of aromatic nitrogens is 1. The van der Waals surface area contributed by atoms with Crippen LogP contribution < -0.4 is 5.32 Å². The quantitative estimate of drug-likeness (QED) is 0.819. The molecule has 18 heavy (non-hydrogen) atoms. The summed E-state index contributed by atoms with van der Waals surface area (Å²) in [7, 11) is 0. The molecule has 102 valence electrons.